The predicted molar refractivity (Wildman–Crippen MR) is 42.1 cm³/mol. The first kappa shape index (κ1) is 14.9. The van der Waals surface area contributed by atoms with Crippen LogP contribution in [-0.2, 0) is 4.79 Å². The first-order valence-corrected chi connectivity index (χ1v) is 3.41. The van der Waals surface area contributed by atoms with Gasteiger partial charge in [-0.2, -0.15) is 18.4 Å². The van der Waals surface area contributed by atoms with Crippen LogP contribution >= 0.6 is 0 Å². The van der Waals surface area contributed by atoms with Gasteiger partial charge in [0.15, 0.2) is 0 Å². The number of nitriles is 1. The van der Waals surface area contributed by atoms with Crippen molar-refractivity contribution in [1.82, 2.24) is 0 Å². The molecular weight excluding hydrogens is 201 g/mol. The third kappa shape index (κ3) is 13.1. The minimum atomic E-state index is -5.08. The Morgan fingerprint density at radius 1 is 1.57 bits per heavy atom. The lowest BCUT2D eigenvalue weighted by Gasteiger charge is -1.93. The molecule has 0 aliphatic rings. The number of carbonyl (C=O) groups is 1. The van der Waals surface area contributed by atoms with Crippen LogP contribution in [0.2, 0.25) is 0 Å². The maximum absolute atomic E-state index is 10.6. The zero-order valence-corrected chi connectivity index (χ0v) is 7.08. The molecular formula is C7H9F3N2O2. The van der Waals surface area contributed by atoms with Crippen molar-refractivity contribution in [2.24, 2.45) is 5.73 Å². The molecule has 0 rings (SSSR count). The molecule has 0 saturated heterocycles. The minimum absolute atomic E-state index is 0.623. The van der Waals surface area contributed by atoms with Crippen molar-refractivity contribution in [3.63, 3.8) is 0 Å². The van der Waals surface area contributed by atoms with E-state index in [1.54, 1.807) is 6.08 Å². The fourth-order valence-electron chi connectivity index (χ4n) is 0.232. The summed E-state index contributed by atoms with van der Waals surface area (Å²) in [6.07, 6.45) is -1.10. The molecule has 14 heavy (non-hydrogen) atoms. The van der Waals surface area contributed by atoms with Crippen molar-refractivity contribution >= 4 is 5.97 Å². The van der Waals surface area contributed by atoms with Gasteiger partial charge in [0, 0.05) is 6.08 Å². The highest BCUT2D eigenvalue weighted by atomic mass is 19.4. The summed E-state index contributed by atoms with van der Waals surface area (Å²) < 4.78 is 31.7. The number of halogens is 3. The second kappa shape index (κ2) is 8.07. The monoisotopic (exact) mass is 210 g/mol. The topological polar surface area (TPSA) is 87.1 Å². The molecule has 0 aromatic carbocycles. The van der Waals surface area contributed by atoms with E-state index < -0.39 is 12.1 Å². The lowest BCUT2D eigenvalue weighted by Crippen LogP contribution is -2.21. The molecule has 7 heteroatoms. The summed E-state index contributed by atoms with van der Waals surface area (Å²) in [5, 5.41) is 15.0. The molecule has 0 unspecified atom stereocenters. The van der Waals surface area contributed by atoms with Crippen LogP contribution < -0.4 is 5.73 Å². The molecule has 80 valence electrons. The normalized spacial score (nSPS) is 10.2. The Labute approximate surface area is 78.4 Å². The fourth-order valence-corrected chi connectivity index (χ4v) is 0.232. The van der Waals surface area contributed by atoms with E-state index in [-0.39, 0.29) is 0 Å². The van der Waals surface area contributed by atoms with Crippen LogP contribution in [0.3, 0.4) is 0 Å². The van der Waals surface area contributed by atoms with E-state index in [9.17, 15) is 13.2 Å². The van der Waals surface area contributed by atoms with Gasteiger partial charge in [-0.05, 0) is 13.0 Å². The Hall–Kier alpha value is -1.55. The Morgan fingerprint density at radius 3 is 2.21 bits per heavy atom. The molecule has 3 N–H and O–H groups in total. The van der Waals surface area contributed by atoms with Crippen LogP contribution in [0.1, 0.15) is 6.42 Å². The molecule has 0 aliphatic carbocycles. The number of nitrogens with two attached hydrogens (primary N) is 1. The largest absolute Gasteiger partial charge is 0.490 e. The number of carboxylic acids is 1. The van der Waals surface area contributed by atoms with Crippen molar-refractivity contribution in [1.29, 1.82) is 5.26 Å². The molecule has 0 aromatic heterocycles. The Balaban J connectivity index is 0. The van der Waals surface area contributed by atoms with Gasteiger partial charge in [-0.1, -0.05) is 6.08 Å². The molecule has 0 radical (unpaired) electrons. The van der Waals surface area contributed by atoms with Gasteiger partial charge in [-0.15, -0.1) is 0 Å². The average Bonchev–Trinajstić information content (AvgIpc) is 2.05. The Kier molecular flexibility index (Phi) is 8.61. The van der Waals surface area contributed by atoms with Crippen molar-refractivity contribution in [3.05, 3.63) is 12.2 Å². The number of carboxylic acid groups (broad SMARTS) is 1. The molecule has 4 nitrogen and oxygen atoms in total. The Bertz CT molecular complexity index is 230. The van der Waals surface area contributed by atoms with Crippen LogP contribution in [0.25, 0.3) is 0 Å². The van der Waals surface area contributed by atoms with Gasteiger partial charge in [-0.25, -0.2) is 4.79 Å². The second-order valence-corrected chi connectivity index (χ2v) is 1.91. The van der Waals surface area contributed by atoms with E-state index in [0.29, 0.717) is 6.54 Å². The summed E-state index contributed by atoms with van der Waals surface area (Å²) in [6.45, 7) is 0.623. The molecule has 0 amide bonds. The van der Waals surface area contributed by atoms with Crippen LogP contribution in [0.4, 0.5) is 13.2 Å². The van der Waals surface area contributed by atoms with Crippen LogP contribution in [0, 0.1) is 11.3 Å². The average molecular weight is 210 g/mol. The number of allylic oxidation sites excluding steroid dienone is 1. The smallest absolute Gasteiger partial charge is 0.475 e. The molecule has 0 bridgehead atoms. The highest BCUT2D eigenvalue weighted by molar-refractivity contribution is 5.73. The second-order valence-electron chi connectivity index (χ2n) is 1.91. The molecule has 0 atom stereocenters. The highest BCUT2D eigenvalue weighted by Gasteiger charge is 2.38. The lowest BCUT2D eigenvalue weighted by atomic mass is 10.4. The summed E-state index contributed by atoms with van der Waals surface area (Å²) in [5.74, 6) is -2.76. The van der Waals surface area contributed by atoms with Crippen LogP contribution in [0.5, 0.6) is 0 Å². The van der Waals surface area contributed by atoms with Crippen molar-refractivity contribution in [3.8, 4) is 6.07 Å². The predicted octanol–water partition coefficient (Wildman–Crippen LogP) is 1.05. The zero-order valence-electron chi connectivity index (χ0n) is 7.08. The van der Waals surface area contributed by atoms with Gasteiger partial charge in [-0.3, -0.25) is 0 Å². The van der Waals surface area contributed by atoms with Crippen molar-refractivity contribution in [2.45, 2.75) is 12.6 Å². The standard InChI is InChI=1S/C5H8N2.C2HF3O2/c6-4-2-1-3-5-7;3-2(4,5)1(6)7/h1-2H,3,5,7H2;(H,6,7)/b2-1+;. The number of alkyl halides is 3. The number of rotatable bonds is 2. The van der Waals surface area contributed by atoms with Gasteiger partial charge < -0.3 is 10.8 Å². The summed E-state index contributed by atoms with van der Waals surface area (Å²) in [4.78, 5) is 8.90. The van der Waals surface area contributed by atoms with Crippen molar-refractivity contribution in [2.75, 3.05) is 6.54 Å². The molecule has 0 heterocycles. The molecule has 0 aromatic rings. The van der Waals surface area contributed by atoms with E-state index in [2.05, 4.69) is 0 Å². The van der Waals surface area contributed by atoms with E-state index >= 15 is 0 Å². The van der Waals surface area contributed by atoms with Crippen LogP contribution in [0.15, 0.2) is 12.2 Å². The first-order valence-electron chi connectivity index (χ1n) is 3.41. The third-order valence-electron chi connectivity index (χ3n) is 0.768. The zero-order chi connectivity index (χ0) is 11.6. The molecule has 0 spiro atoms. The van der Waals surface area contributed by atoms with Crippen LogP contribution in [-0.4, -0.2) is 23.8 Å². The quantitative estimate of drug-likeness (QED) is 0.667. The number of aliphatic carboxylic acids is 1. The number of hydrogen-bond acceptors (Lipinski definition) is 3. The van der Waals surface area contributed by atoms with E-state index in [4.69, 9.17) is 20.9 Å². The van der Waals surface area contributed by atoms with Gasteiger partial charge in [0.25, 0.3) is 0 Å². The van der Waals surface area contributed by atoms with E-state index in [0.717, 1.165) is 6.42 Å². The summed E-state index contributed by atoms with van der Waals surface area (Å²) in [6, 6.07) is 1.87. The highest BCUT2D eigenvalue weighted by Crippen LogP contribution is 2.13. The summed E-state index contributed by atoms with van der Waals surface area (Å²) in [7, 11) is 0. The molecule has 0 fully saturated rings. The van der Waals surface area contributed by atoms with Gasteiger partial charge in [0.2, 0.25) is 0 Å². The maximum atomic E-state index is 10.6. The maximum Gasteiger partial charge on any atom is 0.490 e. The number of hydrogen-bond donors (Lipinski definition) is 2. The van der Waals surface area contributed by atoms with Gasteiger partial charge >= 0.3 is 12.1 Å². The molecule has 0 saturated carbocycles. The fraction of sp³-hybridized carbons (Fsp3) is 0.429. The lowest BCUT2D eigenvalue weighted by molar-refractivity contribution is -0.192. The number of nitrogens with zero attached hydrogens (tertiary/aromatic N) is 1. The van der Waals surface area contributed by atoms with Gasteiger partial charge in [0.1, 0.15) is 0 Å². The SMILES string of the molecule is N#C/C=C/CCN.O=C(O)C(F)(F)F. The summed E-state index contributed by atoms with van der Waals surface area (Å²) in [5.41, 5.74) is 5.11. The van der Waals surface area contributed by atoms with Crippen molar-refractivity contribution < 1.29 is 23.1 Å². The Morgan fingerprint density at radius 2 is 2.00 bits per heavy atom. The summed E-state index contributed by atoms with van der Waals surface area (Å²) >= 11 is 0. The van der Waals surface area contributed by atoms with E-state index in [1.165, 1.54) is 6.08 Å². The van der Waals surface area contributed by atoms with Gasteiger partial charge in [0.05, 0.1) is 6.07 Å². The minimum Gasteiger partial charge on any atom is -0.475 e. The first-order chi connectivity index (χ1) is 6.36. The van der Waals surface area contributed by atoms with E-state index in [1.807, 2.05) is 6.07 Å². The molecule has 0 aliphatic heterocycles. The third-order valence-corrected chi connectivity index (χ3v) is 0.768.